The Morgan fingerprint density at radius 2 is 2.12 bits per heavy atom. The van der Waals surface area contributed by atoms with Gasteiger partial charge in [0, 0.05) is 5.92 Å². The Morgan fingerprint density at radius 3 is 2.59 bits per heavy atom. The van der Waals surface area contributed by atoms with Crippen LogP contribution >= 0.6 is 0 Å². The van der Waals surface area contributed by atoms with Crippen molar-refractivity contribution in [1.82, 2.24) is 5.32 Å². The third-order valence-electron chi connectivity index (χ3n) is 2.64. The third kappa shape index (κ3) is 6.09. The molecule has 98 valence electrons. The number of ether oxygens (including phenoxy) is 1. The van der Waals surface area contributed by atoms with E-state index in [4.69, 9.17) is 0 Å². The Balaban J connectivity index is 4.28. The Morgan fingerprint density at radius 1 is 1.47 bits per heavy atom. The molecule has 0 aromatic heterocycles. The maximum Gasteiger partial charge on any atom is 0.328 e. The number of methoxy groups -OCH3 is 1. The molecule has 0 saturated carbocycles. The van der Waals surface area contributed by atoms with E-state index in [0.717, 1.165) is 19.3 Å². The molecule has 0 spiro atoms. The zero-order chi connectivity index (χ0) is 13.3. The standard InChI is InChI=1S/C13H23NO3/c1-5-7-9-10(3)12(15)14-11(8-6-2)13(16)17-4/h6,10-11H,2,5,7-9H2,1,3-4H3,(H,14,15)/t10-,11+/m1/s1. The first kappa shape index (κ1) is 15.7. The molecule has 17 heavy (non-hydrogen) atoms. The maximum absolute atomic E-state index is 11.8. The van der Waals surface area contributed by atoms with Crippen LogP contribution in [0.15, 0.2) is 12.7 Å². The summed E-state index contributed by atoms with van der Waals surface area (Å²) in [6.07, 6.45) is 4.89. The molecule has 1 amide bonds. The first-order valence-electron chi connectivity index (χ1n) is 6.05. The maximum atomic E-state index is 11.8. The van der Waals surface area contributed by atoms with Crippen molar-refractivity contribution in [3.8, 4) is 0 Å². The summed E-state index contributed by atoms with van der Waals surface area (Å²) in [7, 11) is 1.31. The van der Waals surface area contributed by atoms with Crippen molar-refractivity contribution < 1.29 is 14.3 Å². The molecule has 0 aromatic carbocycles. The number of esters is 1. The first-order chi connectivity index (χ1) is 8.06. The normalized spacial score (nSPS) is 13.6. The highest BCUT2D eigenvalue weighted by Gasteiger charge is 2.22. The molecular formula is C13H23NO3. The lowest BCUT2D eigenvalue weighted by Crippen LogP contribution is -2.43. The summed E-state index contributed by atoms with van der Waals surface area (Å²) >= 11 is 0. The van der Waals surface area contributed by atoms with Gasteiger partial charge in [0.05, 0.1) is 7.11 Å². The number of carbonyl (C=O) groups excluding carboxylic acids is 2. The molecular weight excluding hydrogens is 218 g/mol. The quantitative estimate of drug-likeness (QED) is 0.522. The SMILES string of the molecule is C=CC[C@H](NC(=O)[C@H](C)CCCC)C(=O)OC. The van der Waals surface area contributed by atoms with Crippen molar-refractivity contribution in [2.75, 3.05) is 7.11 Å². The second-order valence-corrected chi connectivity index (χ2v) is 4.15. The minimum absolute atomic E-state index is 0.0769. The minimum atomic E-state index is -0.617. The Kier molecular flexibility index (Phi) is 8.11. The van der Waals surface area contributed by atoms with Crippen LogP contribution in [-0.2, 0) is 14.3 Å². The second kappa shape index (κ2) is 8.79. The van der Waals surface area contributed by atoms with Crippen LogP contribution in [0.2, 0.25) is 0 Å². The summed E-state index contributed by atoms with van der Waals surface area (Å²) in [5, 5.41) is 2.69. The van der Waals surface area contributed by atoms with Gasteiger partial charge in [-0.25, -0.2) is 4.79 Å². The Bertz CT molecular complexity index is 263. The lowest BCUT2D eigenvalue weighted by Gasteiger charge is -2.17. The molecule has 0 aliphatic rings. The van der Waals surface area contributed by atoms with E-state index >= 15 is 0 Å². The van der Waals surface area contributed by atoms with Gasteiger partial charge in [0.25, 0.3) is 0 Å². The lowest BCUT2D eigenvalue weighted by molar-refractivity contribution is -0.145. The Hall–Kier alpha value is -1.32. The summed E-state index contributed by atoms with van der Waals surface area (Å²) in [5.41, 5.74) is 0. The van der Waals surface area contributed by atoms with Crippen molar-refractivity contribution in [2.45, 2.75) is 45.6 Å². The van der Waals surface area contributed by atoms with Gasteiger partial charge in [0.1, 0.15) is 6.04 Å². The highest BCUT2D eigenvalue weighted by molar-refractivity contribution is 5.85. The smallest absolute Gasteiger partial charge is 0.328 e. The van der Waals surface area contributed by atoms with Gasteiger partial charge in [-0.1, -0.05) is 32.8 Å². The predicted octanol–water partition coefficient (Wildman–Crippen LogP) is 2.05. The molecule has 0 unspecified atom stereocenters. The molecule has 0 radical (unpaired) electrons. The number of rotatable bonds is 8. The minimum Gasteiger partial charge on any atom is -0.467 e. The zero-order valence-electron chi connectivity index (χ0n) is 11.0. The van der Waals surface area contributed by atoms with Crippen LogP contribution in [0.5, 0.6) is 0 Å². The molecule has 1 N–H and O–H groups in total. The molecule has 0 saturated heterocycles. The fourth-order valence-corrected chi connectivity index (χ4v) is 1.48. The number of hydrogen-bond donors (Lipinski definition) is 1. The van der Waals surface area contributed by atoms with Gasteiger partial charge in [-0.3, -0.25) is 4.79 Å². The lowest BCUT2D eigenvalue weighted by atomic mass is 10.0. The number of amides is 1. The van der Waals surface area contributed by atoms with Gasteiger partial charge < -0.3 is 10.1 Å². The molecule has 0 rings (SSSR count). The highest BCUT2D eigenvalue weighted by atomic mass is 16.5. The summed E-state index contributed by atoms with van der Waals surface area (Å²) in [4.78, 5) is 23.2. The molecule has 0 aromatic rings. The van der Waals surface area contributed by atoms with Gasteiger partial charge in [0.15, 0.2) is 0 Å². The molecule has 4 heteroatoms. The molecule has 2 atom stereocenters. The van der Waals surface area contributed by atoms with Crippen LogP contribution in [0.3, 0.4) is 0 Å². The Labute approximate surface area is 103 Å². The largest absolute Gasteiger partial charge is 0.467 e. The van der Waals surface area contributed by atoms with E-state index in [-0.39, 0.29) is 11.8 Å². The number of unbranched alkanes of at least 4 members (excludes halogenated alkanes) is 1. The highest BCUT2D eigenvalue weighted by Crippen LogP contribution is 2.08. The van der Waals surface area contributed by atoms with Crippen molar-refractivity contribution in [3.63, 3.8) is 0 Å². The summed E-state index contributed by atoms with van der Waals surface area (Å²) in [5.74, 6) is -0.608. The van der Waals surface area contributed by atoms with Crippen LogP contribution < -0.4 is 5.32 Å². The van der Waals surface area contributed by atoms with Crippen LogP contribution in [0, 0.1) is 5.92 Å². The fourth-order valence-electron chi connectivity index (χ4n) is 1.48. The van der Waals surface area contributed by atoms with E-state index in [1.54, 1.807) is 6.08 Å². The molecule has 0 heterocycles. The zero-order valence-corrected chi connectivity index (χ0v) is 11.0. The van der Waals surface area contributed by atoms with Crippen LogP contribution in [0.4, 0.5) is 0 Å². The number of hydrogen-bond acceptors (Lipinski definition) is 3. The fraction of sp³-hybridized carbons (Fsp3) is 0.692. The average molecular weight is 241 g/mol. The number of carbonyl (C=O) groups is 2. The summed E-state index contributed by atoms with van der Waals surface area (Å²) in [6, 6.07) is -0.617. The molecule has 0 bridgehead atoms. The monoisotopic (exact) mass is 241 g/mol. The van der Waals surface area contributed by atoms with Crippen molar-refractivity contribution in [3.05, 3.63) is 12.7 Å². The van der Waals surface area contributed by atoms with Gasteiger partial charge >= 0.3 is 5.97 Å². The van der Waals surface area contributed by atoms with Crippen LogP contribution in [0.25, 0.3) is 0 Å². The van der Waals surface area contributed by atoms with Gasteiger partial charge in [-0.05, 0) is 12.8 Å². The predicted molar refractivity (Wildman–Crippen MR) is 67.4 cm³/mol. The van der Waals surface area contributed by atoms with Crippen LogP contribution in [-0.4, -0.2) is 25.0 Å². The van der Waals surface area contributed by atoms with Gasteiger partial charge in [-0.2, -0.15) is 0 Å². The summed E-state index contributed by atoms with van der Waals surface area (Å²) < 4.78 is 4.63. The summed E-state index contributed by atoms with van der Waals surface area (Å²) in [6.45, 7) is 7.51. The topological polar surface area (TPSA) is 55.4 Å². The van der Waals surface area contributed by atoms with E-state index < -0.39 is 12.0 Å². The van der Waals surface area contributed by atoms with Gasteiger partial charge in [0.2, 0.25) is 5.91 Å². The third-order valence-corrected chi connectivity index (χ3v) is 2.64. The van der Waals surface area contributed by atoms with E-state index in [1.165, 1.54) is 7.11 Å². The van der Waals surface area contributed by atoms with E-state index in [2.05, 4.69) is 23.6 Å². The van der Waals surface area contributed by atoms with E-state index in [9.17, 15) is 9.59 Å². The second-order valence-electron chi connectivity index (χ2n) is 4.15. The molecule has 0 aliphatic heterocycles. The molecule has 0 aliphatic carbocycles. The molecule has 0 fully saturated rings. The average Bonchev–Trinajstić information content (AvgIpc) is 2.34. The van der Waals surface area contributed by atoms with Crippen molar-refractivity contribution in [1.29, 1.82) is 0 Å². The molecule has 4 nitrogen and oxygen atoms in total. The first-order valence-corrected chi connectivity index (χ1v) is 6.05. The van der Waals surface area contributed by atoms with E-state index in [0.29, 0.717) is 6.42 Å². The number of nitrogens with one attached hydrogen (secondary N) is 1. The van der Waals surface area contributed by atoms with Crippen molar-refractivity contribution >= 4 is 11.9 Å². The van der Waals surface area contributed by atoms with Crippen molar-refractivity contribution in [2.24, 2.45) is 5.92 Å². The van der Waals surface area contributed by atoms with E-state index in [1.807, 2.05) is 6.92 Å². The van der Waals surface area contributed by atoms with Gasteiger partial charge in [-0.15, -0.1) is 6.58 Å². The van der Waals surface area contributed by atoms with Crippen LogP contribution in [0.1, 0.15) is 39.5 Å².